The van der Waals surface area contributed by atoms with Crippen molar-refractivity contribution in [1.29, 1.82) is 0 Å². The normalized spacial score (nSPS) is 25.9. The van der Waals surface area contributed by atoms with Crippen molar-refractivity contribution >= 4 is 18.3 Å². The van der Waals surface area contributed by atoms with Crippen molar-refractivity contribution in [2.75, 3.05) is 19.6 Å². The molecule has 1 aliphatic carbocycles. The molecule has 6 nitrogen and oxygen atoms in total. The summed E-state index contributed by atoms with van der Waals surface area (Å²) in [4.78, 5) is 11.8. The van der Waals surface area contributed by atoms with Gasteiger partial charge in [-0.05, 0) is 12.8 Å². The lowest BCUT2D eigenvalue weighted by molar-refractivity contribution is 0.0918. The van der Waals surface area contributed by atoms with Crippen LogP contribution in [-0.2, 0) is 0 Å². The molecule has 1 aromatic heterocycles. The van der Waals surface area contributed by atoms with Crippen LogP contribution in [0.3, 0.4) is 0 Å². The molecule has 1 saturated carbocycles. The number of rotatable bonds is 4. The van der Waals surface area contributed by atoms with Crippen molar-refractivity contribution in [2.24, 2.45) is 5.92 Å². The van der Waals surface area contributed by atoms with Crippen molar-refractivity contribution < 1.29 is 14.4 Å². The molecule has 2 unspecified atom stereocenters. The first-order valence-electron chi connectivity index (χ1n) is 6.37. The quantitative estimate of drug-likeness (QED) is 0.741. The van der Waals surface area contributed by atoms with Gasteiger partial charge in [0.25, 0.3) is 5.91 Å². The first kappa shape index (κ1) is 14.3. The highest BCUT2D eigenvalue weighted by Gasteiger charge is 2.29. The van der Waals surface area contributed by atoms with Gasteiger partial charge in [0.15, 0.2) is 5.69 Å². The fraction of sp³-hybridized carbons (Fsp3) is 0.667. The summed E-state index contributed by atoms with van der Waals surface area (Å²) in [7, 11) is 0. The van der Waals surface area contributed by atoms with Gasteiger partial charge in [0.2, 0.25) is 0 Å². The highest BCUT2D eigenvalue weighted by Crippen LogP contribution is 2.40. The predicted octanol–water partition coefficient (Wildman–Crippen LogP) is 0.284. The summed E-state index contributed by atoms with van der Waals surface area (Å²) in [6.45, 7) is 1.78. The smallest absolute Gasteiger partial charge is 0.273 e. The number of hydrogen-bond donors (Lipinski definition) is 3. The maximum atomic E-state index is 11.8. The minimum atomic E-state index is -0.385. The zero-order chi connectivity index (χ0) is 12.5. The van der Waals surface area contributed by atoms with Crippen molar-refractivity contribution in [2.45, 2.75) is 24.9 Å². The second-order valence-electron chi connectivity index (χ2n) is 5.08. The number of hydrogen-bond acceptors (Lipinski definition) is 5. The number of nitrogens with zero attached hydrogens (tertiary/aromatic N) is 1. The third-order valence-corrected chi connectivity index (χ3v) is 3.57. The number of β-amino-alcohol motifs (C(OH)–C–C–N with tert-alkyl or cyclic N) is 1. The van der Waals surface area contributed by atoms with Crippen LogP contribution in [-0.4, -0.2) is 41.9 Å². The fourth-order valence-electron chi connectivity index (χ4n) is 2.20. The third kappa shape index (κ3) is 3.26. The number of halogens is 1. The lowest BCUT2D eigenvalue weighted by Crippen LogP contribution is -2.34. The maximum Gasteiger partial charge on any atom is 0.273 e. The van der Waals surface area contributed by atoms with E-state index in [0.29, 0.717) is 24.7 Å². The monoisotopic (exact) mass is 287 g/mol. The lowest BCUT2D eigenvalue weighted by atomic mass is 10.1. The number of aliphatic hydroxyl groups is 1. The lowest BCUT2D eigenvalue weighted by Gasteiger charge is -2.13. The van der Waals surface area contributed by atoms with Gasteiger partial charge in [0, 0.05) is 37.5 Å². The minimum absolute atomic E-state index is 0. The van der Waals surface area contributed by atoms with Gasteiger partial charge in [-0.2, -0.15) is 0 Å². The second kappa shape index (κ2) is 5.90. The zero-order valence-electron chi connectivity index (χ0n) is 10.5. The van der Waals surface area contributed by atoms with E-state index >= 15 is 0 Å². The zero-order valence-corrected chi connectivity index (χ0v) is 11.3. The van der Waals surface area contributed by atoms with Crippen molar-refractivity contribution in [3.05, 3.63) is 17.5 Å². The Morgan fingerprint density at radius 3 is 2.95 bits per heavy atom. The molecule has 3 N–H and O–H groups in total. The maximum absolute atomic E-state index is 11.8. The molecule has 2 fully saturated rings. The third-order valence-electron chi connectivity index (χ3n) is 3.57. The van der Waals surface area contributed by atoms with E-state index in [-0.39, 0.29) is 30.3 Å². The summed E-state index contributed by atoms with van der Waals surface area (Å²) >= 11 is 0. The van der Waals surface area contributed by atoms with Crippen LogP contribution in [0.4, 0.5) is 0 Å². The van der Waals surface area contributed by atoms with E-state index in [9.17, 15) is 9.90 Å². The van der Waals surface area contributed by atoms with Crippen molar-refractivity contribution in [3.8, 4) is 0 Å². The van der Waals surface area contributed by atoms with Crippen molar-refractivity contribution in [3.63, 3.8) is 0 Å². The van der Waals surface area contributed by atoms with Gasteiger partial charge in [-0.3, -0.25) is 4.79 Å². The Bertz CT molecular complexity index is 447. The van der Waals surface area contributed by atoms with E-state index < -0.39 is 0 Å². The van der Waals surface area contributed by atoms with E-state index in [2.05, 4.69) is 15.8 Å². The molecule has 1 aliphatic heterocycles. The molecule has 19 heavy (non-hydrogen) atoms. The summed E-state index contributed by atoms with van der Waals surface area (Å²) in [5, 5.41) is 19.2. The van der Waals surface area contributed by atoms with Gasteiger partial charge in [0.1, 0.15) is 5.76 Å². The Labute approximate surface area is 117 Å². The van der Waals surface area contributed by atoms with Gasteiger partial charge >= 0.3 is 0 Å². The Balaban J connectivity index is 0.00000133. The summed E-state index contributed by atoms with van der Waals surface area (Å²) in [6, 6.07) is 1.72. The van der Waals surface area contributed by atoms with Crippen LogP contribution in [0.25, 0.3) is 0 Å². The molecular formula is C12H18ClN3O3. The standard InChI is InChI=1S/C12H17N3O3.ClH/c16-10-6-13-4-8(10)5-14-12(17)9-3-11(18-15-9)7-1-2-7;/h3,7-8,10,13,16H,1-2,4-6H2,(H,14,17);1H. The number of amides is 1. The van der Waals surface area contributed by atoms with Crippen LogP contribution in [0.1, 0.15) is 35.0 Å². The molecule has 1 aromatic rings. The first-order chi connectivity index (χ1) is 8.74. The summed E-state index contributed by atoms with van der Waals surface area (Å²) in [5.41, 5.74) is 0.331. The van der Waals surface area contributed by atoms with E-state index in [1.807, 2.05) is 0 Å². The topological polar surface area (TPSA) is 87.4 Å². The van der Waals surface area contributed by atoms with Crippen LogP contribution in [0, 0.1) is 5.92 Å². The molecule has 2 atom stereocenters. The molecule has 1 saturated heterocycles. The molecule has 2 heterocycles. The largest absolute Gasteiger partial charge is 0.391 e. The molecule has 0 aromatic carbocycles. The highest BCUT2D eigenvalue weighted by atomic mass is 35.5. The predicted molar refractivity (Wildman–Crippen MR) is 70.4 cm³/mol. The second-order valence-corrected chi connectivity index (χ2v) is 5.08. The molecule has 0 bridgehead atoms. The Morgan fingerprint density at radius 2 is 2.32 bits per heavy atom. The van der Waals surface area contributed by atoms with Crippen LogP contribution in [0.2, 0.25) is 0 Å². The van der Waals surface area contributed by atoms with Crippen molar-refractivity contribution in [1.82, 2.24) is 15.8 Å². The van der Waals surface area contributed by atoms with Gasteiger partial charge in [0.05, 0.1) is 6.10 Å². The number of aromatic nitrogens is 1. The molecule has 3 rings (SSSR count). The number of aliphatic hydroxyl groups excluding tert-OH is 1. The number of carbonyl (C=O) groups excluding carboxylic acids is 1. The SMILES string of the molecule is Cl.O=C(NCC1CNCC1O)c1cc(C2CC2)on1. The van der Waals surface area contributed by atoms with Crippen LogP contribution < -0.4 is 10.6 Å². The minimum Gasteiger partial charge on any atom is -0.391 e. The molecule has 2 aliphatic rings. The van der Waals surface area contributed by atoms with E-state index in [0.717, 1.165) is 25.1 Å². The molecule has 106 valence electrons. The average molecular weight is 288 g/mol. The van der Waals surface area contributed by atoms with Gasteiger partial charge in [-0.1, -0.05) is 5.16 Å². The summed E-state index contributed by atoms with van der Waals surface area (Å²) < 4.78 is 5.13. The fourth-order valence-corrected chi connectivity index (χ4v) is 2.20. The number of nitrogens with one attached hydrogen (secondary N) is 2. The Kier molecular flexibility index (Phi) is 4.44. The molecule has 1 amide bonds. The number of carbonyl (C=O) groups is 1. The molecule has 7 heteroatoms. The molecule has 0 radical (unpaired) electrons. The van der Waals surface area contributed by atoms with Crippen LogP contribution in [0.15, 0.2) is 10.6 Å². The Morgan fingerprint density at radius 1 is 1.53 bits per heavy atom. The average Bonchev–Trinajstić information content (AvgIpc) is 2.95. The van der Waals surface area contributed by atoms with Gasteiger partial charge < -0.3 is 20.3 Å². The first-order valence-corrected chi connectivity index (χ1v) is 6.37. The molecule has 0 spiro atoms. The summed E-state index contributed by atoms with van der Waals surface area (Å²) in [6.07, 6.45) is 1.86. The van der Waals surface area contributed by atoms with Gasteiger partial charge in [-0.25, -0.2) is 0 Å². The highest BCUT2D eigenvalue weighted by molar-refractivity contribution is 5.92. The van der Waals surface area contributed by atoms with Crippen LogP contribution >= 0.6 is 12.4 Å². The van der Waals surface area contributed by atoms with Gasteiger partial charge in [-0.15, -0.1) is 12.4 Å². The van der Waals surface area contributed by atoms with E-state index in [1.54, 1.807) is 6.07 Å². The van der Waals surface area contributed by atoms with Crippen LogP contribution in [0.5, 0.6) is 0 Å². The Hall–Kier alpha value is -1.11. The van der Waals surface area contributed by atoms with E-state index in [4.69, 9.17) is 4.52 Å². The summed E-state index contributed by atoms with van der Waals surface area (Å²) in [5.74, 6) is 1.11. The molecular weight excluding hydrogens is 270 g/mol. The van der Waals surface area contributed by atoms with E-state index in [1.165, 1.54) is 0 Å².